The average molecular weight is 526 g/mol. The summed E-state index contributed by atoms with van der Waals surface area (Å²) in [4.78, 5) is 43.8. The summed E-state index contributed by atoms with van der Waals surface area (Å²) in [5, 5.41) is 6.11. The molecule has 2 aliphatic heterocycles. The molecule has 4 amide bonds. The summed E-state index contributed by atoms with van der Waals surface area (Å²) in [5.41, 5.74) is 1.69. The van der Waals surface area contributed by atoms with Crippen LogP contribution >= 0.6 is 0 Å². The van der Waals surface area contributed by atoms with E-state index in [2.05, 4.69) is 5.32 Å². The molecule has 2 heterocycles. The molecule has 38 heavy (non-hydrogen) atoms. The van der Waals surface area contributed by atoms with Gasteiger partial charge in [0.15, 0.2) is 0 Å². The van der Waals surface area contributed by atoms with Crippen molar-refractivity contribution in [2.24, 2.45) is 0 Å². The Morgan fingerprint density at radius 3 is 2.45 bits per heavy atom. The van der Waals surface area contributed by atoms with Gasteiger partial charge in [0.1, 0.15) is 23.8 Å². The Labute approximate surface area is 223 Å². The quantitative estimate of drug-likeness (QED) is 0.570. The molecule has 0 saturated carbocycles. The van der Waals surface area contributed by atoms with Gasteiger partial charge in [-0.3, -0.25) is 9.59 Å². The SMILES string of the molecule is CCCC[C@H]1C(=O)N(C(C)c2ccc(F)cc2)CC2N1C(=O)CN(C)N2C(=O)NCc1ccc(OC)cc1. The lowest BCUT2D eigenvalue weighted by Crippen LogP contribution is -2.76. The second kappa shape index (κ2) is 11.8. The van der Waals surface area contributed by atoms with Crippen molar-refractivity contribution < 1.29 is 23.5 Å². The van der Waals surface area contributed by atoms with Crippen molar-refractivity contribution in [2.45, 2.75) is 57.9 Å². The third-order valence-corrected chi connectivity index (χ3v) is 7.35. The third-order valence-electron chi connectivity index (χ3n) is 7.35. The summed E-state index contributed by atoms with van der Waals surface area (Å²) in [5.74, 6) is 0.0470. The van der Waals surface area contributed by atoms with E-state index >= 15 is 0 Å². The Morgan fingerprint density at radius 2 is 1.82 bits per heavy atom. The van der Waals surface area contributed by atoms with Gasteiger partial charge >= 0.3 is 6.03 Å². The lowest BCUT2D eigenvalue weighted by atomic mass is 9.98. The number of ether oxygens (including phenoxy) is 1. The van der Waals surface area contributed by atoms with Gasteiger partial charge in [0.05, 0.1) is 26.2 Å². The summed E-state index contributed by atoms with van der Waals surface area (Å²) in [6.45, 7) is 4.36. The normalized spacial score (nSPS) is 20.8. The maximum atomic E-state index is 13.7. The van der Waals surface area contributed by atoms with Crippen LogP contribution in [-0.4, -0.2) is 77.1 Å². The van der Waals surface area contributed by atoms with E-state index in [1.807, 2.05) is 38.1 Å². The van der Waals surface area contributed by atoms with Crippen LogP contribution in [0.25, 0.3) is 0 Å². The highest BCUT2D eigenvalue weighted by Gasteiger charge is 2.51. The van der Waals surface area contributed by atoms with E-state index in [0.29, 0.717) is 13.0 Å². The first kappa shape index (κ1) is 27.4. The van der Waals surface area contributed by atoms with E-state index in [1.165, 1.54) is 12.1 Å². The average Bonchev–Trinajstić information content (AvgIpc) is 2.91. The molecule has 10 heteroatoms. The molecule has 0 radical (unpaired) electrons. The summed E-state index contributed by atoms with van der Waals surface area (Å²) < 4.78 is 18.8. The molecule has 2 aromatic rings. The molecule has 2 fully saturated rings. The van der Waals surface area contributed by atoms with Crippen molar-refractivity contribution in [2.75, 3.05) is 27.2 Å². The molecule has 2 aromatic carbocycles. The first-order valence-electron chi connectivity index (χ1n) is 13.0. The summed E-state index contributed by atoms with van der Waals surface area (Å²) >= 11 is 0. The molecule has 2 saturated heterocycles. The number of carbonyl (C=O) groups is 3. The predicted octanol–water partition coefficient (Wildman–Crippen LogP) is 3.52. The molecule has 0 spiro atoms. The molecule has 0 bridgehead atoms. The second-order valence-corrected chi connectivity index (χ2v) is 9.82. The first-order valence-corrected chi connectivity index (χ1v) is 13.0. The Bertz CT molecular complexity index is 1140. The fourth-order valence-corrected chi connectivity index (χ4v) is 5.21. The highest BCUT2D eigenvalue weighted by Crippen LogP contribution is 2.33. The number of benzene rings is 2. The smallest absolute Gasteiger partial charge is 0.334 e. The number of halogens is 1. The molecule has 2 unspecified atom stereocenters. The molecular weight excluding hydrogens is 489 g/mol. The van der Waals surface area contributed by atoms with E-state index in [-0.39, 0.29) is 42.8 Å². The number of likely N-dealkylation sites (N-methyl/N-ethyl adjacent to an activating group) is 1. The molecule has 1 N–H and O–H groups in total. The minimum atomic E-state index is -0.672. The van der Waals surface area contributed by atoms with Gasteiger partial charge in [-0.1, -0.05) is 44.0 Å². The van der Waals surface area contributed by atoms with Crippen LogP contribution in [0.2, 0.25) is 0 Å². The summed E-state index contributed by atoms with van der Waals surface area (Å²) in [6.07, 6.45) is 1.48. The minimum Gasteiger partial charge on any atom is -0.497 e. The number of piperazine rings is 1. The molecule has 3 atom stereocenters. The van der Waals surface area contributed by atoms with Gasteiger partial charge in [0, 0.05) is 13.6 Å². The lowest BCUT2D eigenvalue weighted by molar-refractivity contribution is -0.189. The number of hydrogen-bond acceptors (Lipinski definition) is 5. The van der Waals surface area contributed by atoms with Gasteiger partial charge in [-0.15, -0.1) is 0 Å². The van der Waals surface area contributed by atoms with Crippen molar-refractivity contribution in [3.8, 4) is 5.75 Å². The number of amides is 4. The number of hydrazine groups is 1. The maximum Gasteiger partial charge on any atom is 0.334 e. The third kappa shape index (κ3) is 5.60. The number of urea groups is 1. The van der Waals surface area contributed by atoms with Crippen molar-refractivity contribution in [1.29, 1.82) is 0 Å². The van der Waals surface area contributed by atoms with E-state index in [1.54, 1.807) is 46.1 Å². The number of nitrogens with one attached hydrogen (secondary N) is 1. The van der Waals surface area contributed by atoms with Crippen molar-refractivity contribution in [3.63, 3.8) is 0 Å². The Hall–Kier alpha value is -3.66. The van der Waals surface area contributed by atoms with Gasteiger partial charge in [-0.2, -0.15) is 0 Å². The monoisotopic (exact) mass is 525 g/mol. The number of fused-ring (bicyclic) bond motifs is 1. The fraction of sp³-hybridized carbons (Fsp3) is 0.464. The Kier molecular flexibility index (Phi) is 8.51. The zero-order chi connectivity index (χ0) is 27.4. The van der Waals surface area contributed by atoms with Crippen LogP contribution in [0.1, 0.15) is 50.3 Å². The lowest BCUT2D eigenvalue weighted by Gasteiger charge is -2.55. The molecule has 204 valence electrons. The Morgan fingerprint density at radius 1 is 1.13 bits per heavy atom. The van der Waals surface area contributed by atoms with Crippen molar-refractivity contribution >= 4 is 17.8 Å². The van der Waals surface area contributed by atoms with Crippen LogP contribution in [-0.2, 0) is 16.1 Å². The van der Waals surface area contributed by atoms with Crippen molar-refractivity contribution in [1.82, 2.24) is 25.1 Å². The number of rotatable bonds is 8. The summed E-state index contributed by atoms with van der Waals surface area (Å²) in [7, 11) is 3.30. The highest BCUT2D eigenvalue weighted by molar-refractivity contribution is 5.91. The second-order valence-electron chi connectivity index (χ2n) is 9.82. The minimum absolute atomic E-state index is 0.00409. The fourth-order valence-electron chi connectivity index (χ4n) is 5.21. The largest absolute Gasteiger partial charge is 0.497 e. The molecule has 2 aliphatic rings. The van der Waals surface area contributed by atoms with Crippen LogP contribution < -0.4 is 10.1 Å². The summed E-state index contributed by atoms with van der Waals surface area (Å²) in [6, 6.07) is 12.1. The molecular formula is C28H36FN5O4. The standard InChI is InChI=1S/C28H36FN5O4/c1-5-6-7-24-27(36)32(19(2)21-10-12-22(29)13-11-21)17-25-33(24)26(35)18-31(3)34(25)28(37)30-16-20-8-14-23(38-4)15-9-20/h8-15,19,24-25H,5-7,16-18H2,1-4H3,(H,30,37)/t19?,24-,25?/m0/s1. The maximum absolute atomic E-state index is 13.7. The van der Waals surface area contributed by atoms with E-state index < -0.39 is 12.2 Å². The number of methoxy groups -OCH3 is 1. The van der Waals surface area contributed by atoms with Gasteiger partial charge in [-0.25, -0.2) is 19.2 Å². The molecule has 0 aliphatic carbocycles. The topological polar surface area (TPSA) is 85.4 Å². The van der Waals surface area contributed by atoms with Crippen LogP contribution in [0.15, 0.2) is 48.5 Å². The van der Waals surface area contributed by atoms with Gasteiger partial charge in [-0.05, 0) is 48.7 Å². The predicted molar refractivity (Wildman–Crippen MR) is 140 cm³/mol. The first-order chi connectivity index (χ1) is 18.2. The van der Waals surface area contributed by atoms with E-state index in [4.69, 9.17) is 4.74 Å². The number of carbonyl (C=O) groups excluding carboxylic acids is 3. The van der Waals surface area contributed by atoms with Gasteiger partial charge in [0.2, 0.25) is 11.8 Å². The van der Waals surface area contributed by atoms with Crippen LogP contribution in [0.5, 0.6) is 5.75 Å². The van der Waals surface area contributed by atoms with Crippen LogP contribution in [0.3, 0.4) is 0 Å². The number of nitrogens with zero attached hydrogens (tertiary/aromatic N) is 4. The number of hydrogen-bond donors (Lipinski definition) is 1. The molecule has 4 rings (SSSR count). The van der Waals surface area contributed by atoms with E-state index in [0.717, 1.165) is 29.7 Å². The van der Waals surface area contributed by atoms with Crippen molar-refractivity contribution in [3.05, 3.63) is 65.5 Å². The highest BCUT2D eigenvalue weighted by atomic mass is 19.1. The van der Waals surface area contributed by atoms with Gasteiger partial charge in [0.25, 0.3) is 0 Å². The van der Waals surface area contributed by atoms with Gasteiger partial charge < -0.3 is 19.9 Å². The van der Waals surface area contributed by atoms with Crippen LogP contribution in [0.4, 0.5) is 9.18 Å². The Balaban J connectivity index is 1.60. The zero-order valence-corrected chi connectivity index (χ0v) is 22.4. The zero-order valence-electron chi connectivity index (χ0n) is 22.4. The number of unbranched alkanes of at least 4 members (excludes halogenated alkanes) is 1. The van der Waals surface area contributed by atoms with E-state index in [9.17, 15) is 18.8 Å². The van der Waals surface area contributed by atoms with Crippen LogP contribution in [0, 0.1) is 5.82 Å². The molecule has 9 nitrogen and oxygen atoms in total. The molecule has 0 aromatic heterocycles.